The van der Waals surface area contributed by atoms with Gasteiger partial charge in [-0.1, -0.05) is 68.8 Å². The van der Waals surface area contributed by atoms with Gasteiger partial charge in [-0.15, -0.1) is 0 Å². The zero-order chi connectivity index (χ0) is 13.9. The zero-order valence-corrected chi connectivity index (χ0v) is 12.4. The first-order valence-corrected chi connectivity index (χ1v) is 7.56. The van der Waals surface area contributed by atoms with Gasteiger partial charge in [-0.2, -0.15) is 0 Å². The largest absolute Gasteiger partial charge is 0.411 e. The number of aryl methyl sites for hydroxylation is 1. The molecule has 0 atom stereocenters. The van der Waals surface area contributed by atoms with Crippen LogP contribution in [-0.4, -0.2) is 10.9 Å². The van der Waals surface area contributed by atoms with Crippen molar-refractivity contribution in [2.45, 2.75) is 65.2 Å². The van der Waals surface area contributed by atoms with Gasteiger partial charge in [-0.3, -0.25) is 0 Å². The van der Waals surface area contributed by atoms with Gasteiger partial charge in [-0.25, -0.2) is 0 Å². The molecule has 2 nitrogen and oxygen atoms in total. The topological polar surface area (TPSA) is 32.6 Å². The number of nitrogens with zero attached hydrogens (tertiary/aromatic N) is 1. The smallest absolute Gasteiger partial charge is 0.0837 e. The molecule has 0 radical (unpaired) electrons. The number of unbranched alkanes of at least 4 members (excludes halogenated alkanes) is 6. The molecule has 1 N–H and O–H groups in total. The lowest BCUT2D eigenvalue weighted by atomic mass is 10.0. The Kier molecular flexibility index (Phi) is 7.95. The van der Waals surface area contributed by atoms with Crippen LogP contribution in [0.4, 0.5) is 0 Å². The first-order chi connectivity index (χ1) is 9.27. The second kappa shape index (κ2) is 9.60. The van der Waals surface area contributed by atoms with E-state index in [1.807, 2.05) is 19.1 Å². The molecule has 106 valence electrons. The van der Waals surface area contributed by atoms with Crippen LogP contribution in [-0.2, 0) is 6.42 Å². The lowest BCUT2D eigenvalue weighted by molar-refractivity contribution is 0.319. The molecule has 0 unspecified atom stereocenters. The van der Waals surface area contributed by atoms with E-state index in [1.54, 1.807) is 0 Å². The fraction of sp³-hybridized carbons (Fsp3) is 0.588. The van der Waals surface area contributed by atoms with Gasteiger partial charge < -0.3 is 5.21 Å². The third-order valence-electron chi connectivity index (χ3n) is 3.56. The average molecular weight is 261 g/mol. The number of hydrogen-bond acceptors (Lipinski definition) is 2. The summed E-state index contributed by atoms with van der Waals surface area (Å²) in [7, 11) is 0. The molecule has 0 saturated carbocycles. The fourth-order valence-corrected chi connectivity index (χ4v) is 2.30. The summed E-state index contributed by atoms with van der Waals surface area (Å²) >= 11 is 0. The van der Waals surface area contributed by atoms with Crippen molar-refractivity contribution in [1.29, 1.82) is 0 Å². The van der Waals surface area contributed by atoms with Crippen molar-refractivity contribution < 1.29 is 5.21 Å². The Morgan fingerprint density at radius 1 is 1.05 bits per heavy atom. The van der Waals surface area contributed by atoms with Gasteiger partial charge >= 0.3 is 0 Å². The summed E-state index contributed by atoms with van der Waals surface area (Å²) in [4.78, 5) is 0. The van der Waals surface area contributed by atoms with E-state index < -0.39 is 0 Å². The Morgan fingerprint density at radius 3 is 2.42 bits per heavy atom. The summed E-state index contributed by atoms with van der Waals surface area (Å²) in [6, 6.07) is 8.32. The van der Waals surface area contributed by atoms with Gasteiger partial charge in [0.1, 0.15) is 0 Å². The van der Waals surface area contributed by atoms with Crippen LogP contribution in [0.1, 0.15) is 69.9 Å². The van der Waals surface area contributed by atoms with Crippen molar-refractivity contribution in [2.75, 3.05) is 0 Å². The fourth-order valence-electron chi connectivity index (χ4n) is 2.30. The first kappa shape index (κ1) is 15.7. The Labute approximate surface area is 117 Å². The van der Waals surface area contributed by atoms with Crippen molar-refractivity contribution in [3.05, 3.63) is 35.4 Å². The highest BCUT2D eigenvalue weighted by molar-refractivity contribution is 5.98. The van der Waals surface area contributed by atoms with Gasteiger partial charge in [0.2, 0.25) is 0 Å². The Balaban J connectivity index is 2.26. The van der Waals surface area contributed by atoms with Crippen LogP contribution < -0.4 is 0 Å². The summed E-state index contributed by atoms with van der Waals surface area (Å²) in [5.74, 6) is 0. The van der Waals surface area contributed by atoms with Gasteiger partial charge in [-0.05, 0) is 37.0 Å². The van der Waals surface area contributed by atoms with Crippen LogP contribution in [0.2, 0.25) is 0 Å². The first-order valence-electron chi connectivity index (χ1n) is 7.56. The van der Waals surface area contributed by atoms with Gasteiger partial charge in [0, 0.05) is 0 Å². The molecule has 0 bridgehead atoms. The maximum Gasteiger partial charge on any atom is 0.0837 e. The van der Waals surface area contributed by atoms with E-state index >= 15 is 0 Å². The summed E-state index contributed by atoms with van der Waals surface area (Å²) in [6.45, 7) is 4.08. The molecule has 0 aromatic heterocycles. The van der Waals surface area contributed by atoms with E-state index in [4.69, 9.17) is 5.21 Å². The van der Waals surface area contributed by atoms with Crippen molar-refractivity contribution in [1.82, 2.24) is 0 Å². The Bertz CT molecular complexity index is 385. The lowest BCUT2D eigenvalue weighted by Gasteiger charge is -2.05. The molecule has 19 heavy (non-hydrogen) atoms. The quantitative estimate of drug-likeness (QED) is 0.282. The summed E-state index contributed by atoms with van der Waals surface area (Å²) in [5, 5.41) is 12.0. The Morgan fingerprint density at radius 2 is 1.74 bits per heavy atom. The number of hydrogen-bond donors (Lipinski definition) is 1. The predicted octanol–water partition coefficient (Wildman–Crippen LogP) is 5.18. The van der Waals surface area contributed by atoms with Crippen LogP contribution in [0.3, 0.4) is 0 Å². The van der Waals surface area contributed by atoms with E-state index in [0.717, 1.165) is 12.0 Å². The van der Waals surface area contributed by atoms with Crippen molar-refractivity contribution >= 4 is 5.71 Å². The van der Waals surface area contributed by atoms with Crippen LogP contribution in [0.25, 0.3) is 0 Å². The average Bonchev–Trinajstić information content (AvgIpc) is 2.46. The van der Waals surface area contributed by atoms with Crippen molar-refractivity contribution in [3.63, 3.8) is 0 Å². The number of oxime groups is 1. The minimum absolute atomic E-state index is 0.682. The molecule has 1 aromatic rings. The molecular weight excluding hydrogens is 234 g/mol. The van der Waals surface area contributed by atoms with Crippen LogP contribution in [0, 0.1) is 0 Å². The number of benzene rings is 1. The van der Waals surface area contributed by atoms with Crippen LogP contribution in [0.5, 0.6) is 0 Å². The standard InChI is InChI=1S/C17H27NO/c1-3-4-5-6-7-8-9-11-16-12-10-13-17(14-16)15(2)18-19/h10,12-14,19H,3-9,11H2,1-2H3. The molecule has 0 amide bonds. The van der Waals surface area contributed by atoms with E-state index in [1.165, 1.54) is 50.5 Å². The molecule has 0 heterocycles. The molecule has 0 aliphatic carbocycles. The lowest BCUT2D eigenvalue weighted by Crippen LogP contribution is -1.96. The summed E-state index contributed by atoms with van der Waals surface area (Å²) in [6.07, 6.45) is 10.5. The van der Waals surface area contributed by atoms with Gasteiger partial charge in [0.05, 0.1) is 5.71 Å². The van der Waals surface area contributed by atoms with E-state index in [9.17, 15) is 0 Å². The zero-order valence-electron chi connectivity index (χ0n) is 12.4. The normalized spacial score (nSPS) is 11.8. The van der Waals surface area contributed by atoms with Crippen molar-refractivity contribution in [2.24, 2.45) is 5.16 Å². The third kappa shape index (κ3) is 6.42. The van der Waals surface area contributed by atoms with Crippen LogP contribution in [0.15, 0.2) is 29.4 Å². The molecular formula is C17H27NO. The highest BCUT2D eigenvalue weighted by atomic mass is 16.4. The maximum absolute atomic E-state index is 8.78. The molecule has 0 aliphatic heterocycles. The molecule has 2 heteroatoms. The highest BCUT2D eigenvalue weighted by Gasteiger charge is 2.00. The maximum atomic E-state index is 8.78. The van der Waals surface area contributed by atoms with E-state index in [2.05, 4.69) is 24.2 Å². The van der Waals surface area contributed by atoms with Gasteiger partial charge in [0.15, 0.2) is 0 Å². The molecule has 0 saturated heterocycles. The molecule has 0 spiro atoms. The second-order valence-electron chi connectivity index (χ2n) is 5.26. The molecule has 0 fully saturated rings. The molecule has 1 aromatic carbocycles. The Hall–Kier alpha value is -1.31. The number of rotatable bonds is 9. The minimum atomic E-state index is 0.682. The highest BCUT2D eigenvalue weighted by Crippen LogP contribution is 2.12. The summed E-state index contributed by atoms with van der Waals surface area (Å²) < 4.78 is 0. The molecule has 1 rings (SSSR count). The summed E-state index contributed by atoms with van der Waals surface area (Å²) in [5.41, 5.74) is 3.04. The van der Waals surface area contributed by atoms with Crippen molar-refractivity contribution in [3.8, 4) is 0 Å². The molecule has 0 aliphatic rings. The third-order valence-corrected chi connectivity index (χ3v) is 3.56. The second-order valence-corrected chi connectivity index (χ2v) is 5.26. The van der Waals surface area contributed by atoms with Gasteiger partial charge in [0.25, 0.3) is 0 Å². The van der Waals surface area contributed by atoms with E-state index in [-0.39, 0.29) is 0 Å². The van der Waals surface area contributed by atoms with E-state index in [0.29, 0.717) is 5.71 Å². The minimum Gasteiger partial charge on any atom is -0.411 e. The van der Waals surface area contributed by atoms with Crippen LogP contribution >= 0.6 is 0 Å². The SMILES string of the molecule is CCCCCCCCCc1cccc(C(C)=NO)c1. The monoisotopic (exact) mass is 261 g/mol. The predicted molar refractivity (Wildman–Crippen MR) is 82.1 cm³/mol.